The molecular formula is C9H19N3. The van der Waals surface area contributed by atoms with E-state index in [1.807, 2.05) is 6.92 Å². The lowest BCUT2D eigenvalue weighted by Crippen LogP contribution is -2.13. The van der Waals surface area contributed by atoms with Crippen LogP contribution in [0.25, 0.3) is 0 Å². The van der Waals surface area contributed by atoms with E-state index in [2.05, 4.69) is 35.2 Å². The minimum absolute atomic E-state index is 0.861. The number of nitrogens with one attached hydrogen (secondary N) is 1. The summed E-state index contributed by atoms with van der Waals surface area (Å²) in [5, 5.41) is 3.01. The predicted octanol–water partition coefficient (Wildman–Crippen LogP) is 0.731. The summed E-state index contributed by atoms with van der Waals surface area (Å²) in [7, 11) is 4.14. The second-order valence-corrected chi connectivity index (χ2v) is 2.87. The molecule has 0 atom stereocenters. The van der Waals surface area contributed by atoms with Gasteiger partial charge in [-0.1, -0.05) is 0 Å². The van der Waals surface area contributed by atoms with Crippen LogP contribution < -0.4 is 5.32 Å². The van der Waals surface area contributed by atoms with Crippen LogP contribution in [0.1, 0.15) is 13.3 Å². The molecule has 0 rings (SSSR count). The molecular weight excluding hydrogens is 150 g/mol. The standard InChI is InChI=1S/C9H19N3/c1-4-10-7-8-11-6-5-9-12(2)3/h7,10H,4-6,9H2,1-3H3. The summed E-state index contributed by atoms with van der Waals surface area (Å²) in [6.45, 7) is 4.93. The molecule has 0 aliphatic carbocycles. The van der Waals surface area contributed by atoms with Crippen molar-refractivity contribution in [2.75, 3.05) is 33.7 Å². The van der Waals surface area contributed by atoms with E-state index in [1.165, 1.54) is 0 Å². The van der Waals surface area contributed by atoms with Crippen molar-refractivity contribution in [3.05, 3.63) is 6.20 Å². The summed E-state index contributed by atoms with van der Waals surface area (Å²) in [6.07, 6.45) is 2.86. The van der Waals surface area contributed by atoms with Gasteiger partial charge >= 0.3 is 0 Å². The summed E-state index contributed by atoms with van der Waals surface area (Å²) in [4.78, 5) is 6.24. The Labute approximate surface area is 75.2 Å². The van der Waals surface area contributed by atoms with Gasteiger partial charge in [0.1, 0.15) is 0 Å². The topological polar surface area (TPSA) is 27.6 Å². The lowest BCUT2D eigenvalue weighted by molar-refractivity contribution is 0.403. The van der Waals surface area contributed by atoms with Gasteiger partial charge in [-0.05, 0) is 39.9 Å². The van der Waals surface area contributed by atoms with Crippen LogP contribution in [-0.2, 0) is 0 Å². The molecule has 0 spiro atoms. The van der Waals surface area contributed by atoms with Crippen LogP contribution in [0.3, 0.4) is 0 Å². The molecule has 0 aromatic rings. The number of aliphatic imine (C=N–C) groups is 1. The molecule has 0 bridgehead atoms. The predicted molar refractivity (Wildman–Crippen MR) is 53.7 cm³/mol. The van der Waals surface area contributed by atoms with Gasteiger partial charge in [0.05, 0.1) is 6.20 Å². The summed E-state index contributed by atoms with van der Waals surface area (Å²) >= 11 is 0. The van der Waals surface area contributed by atoms with E-state index < -0.39 is 0 Å². The first-order valence-electron chi connectivity index (χ1n) is 4.39. The molecule has 0 aliphatic heterocycles. The summed E-state index contributed by atoms with van der Waals surface area (Å²) in [5.74, 6) is 2.83. The third-order valence-electron chi connectivity index (χ3n) is 1.34. The molecule has 12 heavy (non-hydrogen) atoms. The molecule has 0 amide bonds. The fraction of sp³-hybridized carbons (Fsp3) is 0.778. The first-order valence-corrected chi connectivity index (χ1v) is 4.39. The molecule has 3 heteroatoms. The van der Waals surface area contributed by atoms with Gasteiger partial charge < -0.3 is 10.2 Å². The Morgan fingerprint density at radius 3 is 2.83 bits per heavy atom. The van der Waals surface area contributed by atoms with E-state index in [-0.39, 0.29) is 0 Å². The molecule has 0 aromatic carbocycles. The first-order chi connectivity index (χ1) is 5.77. The molecule has 70 valence electrons. The summed E-state index contributed by atoms with van der Waals surface area (Å²) < 4.78 is 0. The van der Waals surface area contributed by atoms with Gasteiger partial charge in [0.25, 0.3) is 0 Å². The number of hydrogen-bond donors (Lipinski definition) is 1. The van der Waals surface area contributed by atoms with Crippen LogP contribution in [0, 0.1) is 0 Å². The van der Waals surface area contributed by atoms with Crippen molar-refractivity contribution < 1.29 is 0 Å². The monoisotopic (exact) mass is 169 g/mol. The van der Waals surface area contributed by atoms with Crippen molar-refractivity contribution >= 4 is 5.87 Å². The van der Waals surface area contributed by atoms with Gasteiger partial charge in [-0.25, -0.2) is 4.99 Å². The van der Waals surface area contributed by atoms with Crippen LogP contribution in [-0.4, -0.2) is 44.5 Å². The largest absolute Gasteiger partial charge is 0.384 e. The average molecular weight is 169 g/mol. The summed E-state index contributed by atoms with van der Waals surface area (Å²) in [5.41, 5.74) is 0. The third kappa shape index (κ3) is 9.21. The van der Waals surface area contributed by atoms with E-state index in [0.29, 0.717) is 0 Å². The lowest BCUT2D eigenvalue weighted by atomic mass is 10.4. The molecule has 1 N–H and O–H groups in total. The maximum Gasteiger partial charge on any atom is 0.0591 e. The molecule has 0 heterocycles. The van der Waals surface area contributed by atoms with Crippen LogP contribution in [0.15, 0.2) is 11.2 Å². The molecule has 0 saturated carbocycles. The molecule has 0 aliphatic rings. The normalized spacial score (nSPS) is 9.33. The first kappa shape index (κ1) is 11.2. The second-order valence-electron chi connectivity index (χ2n) is 2.87. The van der Waals surface area contributed by atoms with Gasteiger partial charge in [-0.3, -0.25) is 0 Å². The zero-order valence-corrected chi connectivity index (χ0v) is 8.30. The van der Waals surface area contributed by atoms with Crippen molar-refractivity contribution in [3.63, 3.8) is 0 Å². The number of nitrogens with zero attached hydrogens (tertiary/aromatic N) is 2. The van der Waals surface area contributed by atoms with Gasteiger partial charge in [0, 0.05) is 13.1 Å². The fourth-order valence-electron chi connectivity index (χ4n) is 0.724. The highest BCUT2D eigenvalue weighted by Crippen LogP contribution is 1.82. The summed E-state index contributed by atoms with van der Waals surface area (Å²) in [6, 6.07) is 0. The highest BCUT2D eigenvalue weighted by atomic mass is 15.0. The Morgan fingerprint density at radius 1 is 1.50 bits per heavy atom. The quantitative estimate of drug-likeness (QED) is 0.469. The Kier molecular flexibility index (Phi) is 7.76. The Hall–Kier alpha value is -0.790. The van der Waals surface area contributed by atoms with E-state index in [4.69, 9.17) is 0 Å². The molecule has 0 fully saturated rings. The Balaban J connectivity index is 3.23. The Morgan fingerprint density at radius 2 is 2.25 bits per heavy atom. The zero-order chi connectivity index (χ0) is 9.23. The Bertz CT molecular complexity index is 146. The maximum absolute atomic E-state index is 4.09. The van der Waals surface area contributed by atoms with Crippen molar-refractivity contribution in [2.24, 2.45) is 4.99 Å². The van der Waals surface area contributed by atoms with E-state index in [0.717, 1.165) is 26.1 Å². The minimum atomic E-state index is 0.861. The van der Waals surface area contributed by atoms with Crippen LogP contribution in [0.5, 0.6) is 0 Å². The highest BCUT2D eigenvalue weighted by Gasteiger charge is 1.86. The van der Waals surface area contributed by atoms with Gasteiger partial charge in [-0.2, -0.15) is 0 Å². The lowest BCUT2D eigenvalue weighted by Gasteiger charge is -2.05. The van der Waals surface area contributed by atoms with E-state index in [1.54, 1.807) is 6.20 Å². The third-order valence-corrected chi connectivity index (χ3v) is 1.34. The molecule has 3 nitrogen and oxygen atoms in total. The molecule has 0 saturated heterocycles. The molecule has 0 aromatic heterocycles. The van der Waals surface area contributed by atoms with Crippen LogP contribution in [0.2, 0.25) is 0 Å². The van der Waals surface area contributed by atoms with Gasteiger partial charge in [0.15, 0.2) is 0 Å². The number of rotatable bonds is 6. The van der Waals surface area contributed by atoms with Crippen LogP contribution >= 0.6 is 0 Å². The van der Waals surface area contributed by atoms with Crippen LogP contribution in [0.4, 0.5) is 0 Å². The van der Waals surface area contributed by atoms with E-state index >= 15 is 0 Å². The number of hydrogen-bond acceptors (Lipinski definition) is 3. The molecule has 0 radical (unpaired) electrons. The van der Waals surface area contributed by atoms with Gasteiger partial charge in [0.2, 0.25) is 0 Å². The molecule has 0 unspecified atom stereocenters. The van der Waals surface area contributed by atoms with Crippen molar-refractivity contribution in [3.8, 4) is 0 Å². The average Bonchev–Trinajstić information content (AvgIpc) is 2.02. The van der Waals surface area contributed by atoms with E-state index in [9.17, 15) is 0 Å². The maximum atomic E-state index is 4.09. The smallest absolute Gasteiger partial charge is 0.0591 e. The minimum Gasteiger partial charge on any atom is -0.384 e. The highest BCUT2D eigenvalue weighted by molar-refractivity contribution is 5.50. The van der Waals surface area contributed by atoms with Crippen molar-refractivity contribution in [1.82, 2.24) is 10.2 Å². The van der Waals surface area contributed by atoms with Gasteiger partial charge in [-0.15, -0.1) is 0 Å². The zero-order valence-electron chi connectivity index (χ0n) is 8.30. The second kappa shape index (κ2) is 8.31. The SMILES string of the molecule is CCNC=C=NCCCN(C)C. The van der Waals surface area contributed by atoms with Crippen molar-refractivity contribution in [1.29, 1.82) is 0 Å². The fourth-order valence-corrected chi connectivity index (χ4v) is 0.724. The van der Waals surface area contributed by atoms with Crippen molar-refractivity contribution in [2.45, 2.75) is 13.3 Å².